The van der Waals surface area contributed by atoms with Crippen LogP contribution in [0, 0.1) is 12.7 Å². The second-order valence-corrected chi connectivity index (χ2v) is 4.92. The Labute approximate surface area is 137 Å². The van der Waals surface area contributed by atoms with E-state index >= 15 is 0 Å². The Morgan fingerprint density at radius 3 is 2.52 bits per heavy atom. The monoisotopic (exact) mass is 337 g/mol. The van der Waals surface area contributed by atoms with Crippen LogP contribution < -0.4 is 10.6 Å². The number of hydrogen-bond acceptors (Lipinski definition) is 3. The van der Waals surface area contributed by atoms with Gasteiger partial charge in [-0.25, -0.2) is 4.39 Å². The third-order valence-electron chi connectivity index (χ3n) is 3.52. The van der Waals surface area contributed by atoms with Crippen molar-refractivity contribution in [1.82, 2.24) is 10.2 Å². The first-order chi connectivity index (χ1) is 9.08. The molecule has 0 radical (unpaired) electrons. The van der Waals surface area contributed by atoms with Gasteiger partial charge in [0.2, 0.25) is 5.91 Å². The number of nitrogens with zero attached hydrogens (tertiary/aromatic N) is 1. The maximum absolute atomic E-state index is 13.4. The van der Waals surface area contributed by atoms with Gasteiger partial charge in [-0.2, -0.15) is 0 Å². The lowest BCUT2D eigenvalue weighted by atomic mass is 10.2. The van der Waals surface area contributed by atoms with E-state index in [0.717, 1.165) is 26.2 Å². The van der Waals surface area contributed by atoms with Gasteiger partial charge in [-0.15, -0.1) is 24.8 Å². The second-order valence-electron chi connectivity index (χ2n) is 4.92. The van der Waals surface area contributed by atoms with E-state index in [1.165, 1.54) is 6.07 Å². The topological polar surface area (TPSA) is 44.4 Å². The van der Waals surface area contributed by atoms with Gasteiger partial charge in [0, 0.05) is 31.9 Å². The van der Waals surface area contributed by atoms with E-state index in [1.807, 2.05) is 6.92 Å². The third-order valence-corrected chi connectivity index (χ3v) is 3.52. The van der Waals surface area contributed by atoms with Crippen molar-refractivity contribution in [3.8, 4) is 0 Å². The first-order valence-electron chi connectivity index (χ1n) is 6.59. The molecule has 0 spiro atoms. The average molecular weight is 338 g/mol. The molecule has 1 atom stereocenters. The molecule has 120 valence electrons. The first kappa shape index (κ1) is 20.1. The smallest absolute Gasteiger partial charge is 0.241 e. The third kappa shape index (κ3) is 5.43. The minimum absolute atomic E-state index is 0. The molecule has 2 rings (SSSR count). The summed E-state index contributed by atoms with van der Waals surface area (Å²) >= 11 is 0. The number of halogens is 3. The molecule has 1 aromatic carbocycles. The molecule has 1 unspecified atom stereocenters. The first-order valence-corrected chi connectivity index (χ1v) is 6.59. The Hall–Kier alpha value is -0.880. The SMILES string of the molecule is Cc1ccc(NC(=O)C(C)N2CCNCC2)cc1F.Cl.Cl. The van der Waals surface area contributed by atoms with Crippen LogP contribution in [0.5, 0.6) is 0 Å². The standard InChI is InChI=1S/C14H20FN3O.2ClH/c1-10-3-4-12(9-13(10)15)17-14(19)11(2)18-7-5-16-6-8-18;;/h3-4,9,11,16H,5-8H2,1-2H3,(H,17,19);2*1H. The zero-order valence-corrected chi connectivity index (χ0v) is 13.8. The molecular weight excluding hydrogens is 316 g/mol. The summed E-state index contributed by atoms with van der Waals surface area (Å²) in [7, 11) is 0. The lowest BCUT2D eigenvalue weighted by molar-refractivity contribution is -0.120. The normalized spacial score (nSPS) is 16.3. The molecule has 0 bridgehead atoms. The van der Waals surface area contributed by atoms with Crippen LogP contribution >= 0.6 is 24.8 Å². The lowest BCUT2D eigenvalue weighted by Gasteiger charge is -2.31. The summed E-state index contributed by atoms with van der Waals surface area (Å²) in [5.74, 6) is -0.391. The number of hydrogen-bond donors (Lipinski definition) is 2. The summed E-state index contributed by atoms with van der Waals surface area (Å²) in [5.41, 5.74) is 1.09. The summed E-state index contributed by atoms with van der Waals surface area (Å²) in [4.78, 5) is 14.2. The fourth-order valence-electron chi connectivity index (χ4n) is 2.15. The lowest BCUT2D eigenvalue weighted by Crippen LogP contribution is -2.51. The van der Waals surface area contributed by atoms with E-state index in [1.54, 1.807) is 19.1 Å². The van der Waals surface area contributed by atoms with Crippen molar-refractivity contribution in [2.75, 3.05) is 31.5 Å². The number of anilines is 1. The van der Waals surface area contributed by atoms with Crippen molar-refractivity contribution < 1.29 is 9.18 Å². The fourth-order valence-corrected chi connectivity index (χ4v) is 2.15. The van der Waals surface area contributed by atoms with Gasteiger partial charge < -0.3 is 10.6 Å². The van der Waals surface area contributed by atoms with Crippen LogP contribution in [0.3, 0.4) is 0 Å². The number of nitrogens with one attached hydrogen (secondary N) is 2. The Balaban J connectivity index is 0.00000200. The van der Waals surface area contributed by atoms with Crippen LogP contribution in [0.15, 0.2) is 18.2 Å². The van der Waals surface area contributed by atoms with E-state index in [0.29, 0.717) is 11.3 Å². The molecule has 7 heteroatoms. The molecule has 2 N–H and O–H groups in total. The van der Waals surface area contributed by atoms with Crippen LogP contribution in [0.1, 0.15) is 12.5 Å². The van der Waals surface area contributed by atoms with Gasteiger partial charge in [0.05, 0.1) is 6.04 Å². The number of rotatable bonds is 3. The van der Waals surface area contributed by atoms with E-state index in [2.05, 4.69) is 15.5 Å². The van der Waals surface area contributed by atoms with E-state index in [9.17, 15) is 9.18 Å². The van der Waals surface area contributed by atoms with Gasteiger partial charge in [0.25, 0.3) is 0 Å². The zero-order valence-electron chi connectivity index (χ0n) is 12.2. The number of amides is 1. The van der Waals surface area contributed by atoms with Crippen LogP contribution in [0.2, 0.25) is 0 Å². The molecule has 1 amide bonds. The molecule has 1 aromatic rings. The highest BCUT2D eigenvalue weighted by Crippen LogP contribution is 2.14. The number of piperazine rings is 1. The molecule has 0 saturated carbocycles. The highest BCUT2D eigenvalue weighted by Gasteiger charge is 2.22. The number of benzene rings is 1. The molecule has 21 heavy (non-hydrogen) atoms. The molecule has 1 aliphatic rings. The minimum atomic E-state index is -0.298. The Bertz CT molecular complexity index is 468. The van der Waals surface area contributed by atoms with Crippen molar-refractivity contribution >= 4 is 36.4 Å². The van der Waals surface area contributed by atoms with Gasteiger partial charge in [-0.05, 0) is 31.5 Å². The van der Waals surface area contributed by atoms with E-state index in [-0.39, 0.29) is 42.6 Å². The molecule has 0 aliphatic carbocycles. The van der Waals surface area contributed by atoms with Crippen molar-refractivity contribution in [3.63, 3.8) is 0 Å². The van der Waals surface area contributed by atoms with E-state index in [4.69, 9.17) is 0 Å². The molecule has 1 saturated heterocycles. The Morgan fingerprint density at radius 1 is 1.33 bits per heavy atom. The molecule has 0 aromatic heterocycles. The van der Waals surface area contributed by atoms with Gasteiger partial charge in [0.1, 0.15) is 5.82 Å². The quantitative estimate of drug-likeness (QED) is 0.888. The average Bonchev–Trinajstić information content (AvgIpc) is 2.43. The van der Waals surface area contributed by atoms with E-state index < -0.39 is 0 Å². The zero-order chi connectivity index (χ0) is 13.8. The highest BCUT2D eigenvalue weighted by molar-refractivity contribution is 5.94. The van der Waals surface area contributed by atoms with Crippen LogP contribution in [0.4, 0.5) is 10.1 Å². The van der Waals surface area contributed by atoms with Gasteiger partial charge in [0.15, 0.2) is 0 Å². The van der Waals surface area contributed by atoms with Crippen molar-refractivity contribution in [2.45, 2.75) is 19.9 Å². The van der Waals surface area contributed by atoms with Gasteiger partial charge in [-0.3, -0.25) is 9.69 Å². The molecule has 1 aliphatic heterocycles. The fraction of sp³-hybridized carbons (Fsp3) is 0.500. The van der Waals surface area contributed by atoms with Gasteiger partial charge in [-0.1, -0.05) is 6.07 Å². The molecule has 4 nitrogen and oxygen atoms in total. The maximum atomic E-state index is 13.4. The molecular formula is C14H22Cl2FN3O. The van der Waals surface area contributed by atoms with Crippen LogP contribution in [-0.4, -0.2) is 43.0 Å². The summed E-state index contributed by atoms with van der Waals surface area (Å²) in [6.07, 6.45) is 0. The summed E-state index contributed by atoms with van der Waals surface area (Å²) in [6, 6.07) is 4.55. The number of carbonyl (C=O) groups excluding carboxylic acids is 1. The Morgan fingerprint density at radius 2 is 1.95 bits per heavy atom. The van der Waals surface area contributed by atoms with Crippen molar-refractivity contribution in [1.29, 1.82) is 0 Å². The predicted molar refractivity (Wildman–Crippen MR) is 88.2 cm³/mol. The maximum Gasteiger partial charge on any atom is 0.241 e. The van der Waals surface area contributed by atoms with Crippen molar-refractivity contribution in [3.05, 3.63) is 29.6 Å². The molecule has 1 fully saturated rings. The van der Waals surface area contributed by atoms with Crippen LogP contribution in [0.25, 0.3) is 0 Å². The highest BCUT2D eigenvalue weighted by atomic mass is 35.5. The second kappa shape index (κ2) is 9.20. The predicted octanol–water partition coefficient (Wildman–Crippen LogP) is 2.21. The Kier molecular flexibility index (Phi) is 8.82. The molecule has 1 heterocycles. The largest absolute Gasteiger partial charge is 0.325 e. The van der Waals surface area contributed by atoms with Crippen LogP contribution in [-0.2, 0) is 4.79 Å². The summed E-state index contributed by atoms with van der Waals surface area (Å²) < 4.78 is 13.4. The summed E-state index contributed by atoms with van der Waals surface area (Å²) in [6.45, 7) is 7.09. The summed E-state index contributed by atoms with van der Waals surface area (Å²) in [5, 5.41) is 6.01. The minimum Gasteiger partial charge on any atom is -0.325 e. The number of carbonyl (C=O) groups is 1. The number of aryl methyl sites for hydroxylation is 1. The van der Waals surface area contributed by atoms with Gasteiger partial charge >= 0.3 is 0 Å². The van der Waals surface area contributed by atoms with Crippen molar-refractivity contribution in [2.24, 2.45) is 0 Å².